The minimum absolute atomic E-state index is 0.0323. The van der Waals surface area contributed by atoms with Crippen molar-refractivity contribution < 1.29 is 17.7 Å². The van der Waals surface area contributed by atoms with E-state index in [1.165, 1.54) is 18.1 Å². The van der Waals surface area contributed by atoms with Gasteiger partial charge in [-0.25, -0.2) is 4.98 Å². The second-order valence-electron chi connectivity index (χ2n) is 6.80. The molecule has 0 unspecified atom stereocenters. The van der Waals surface area contributed by atoms with Crippen LogP contribution in [0.2, 0.25) is 0 Å². The third-order valence-electron chi connectivity index (χ3n) is 4.10. The van der Waals surface area contributed by atoms with Crippen molar-refractivity contribution >= 4 is 37.5 Å². The number of ketones is 1. The number of pyridine rings is 1. The van der Waals surface area contributed by atoms with Crippen LogP contribution in [0, 0.1) is 0 Å². The van der Waals surface area contributed by atoms with Gasteiger partial charge in [-0.3, -0.25) is 9.79 Å². The fourth-order valence-corrected chi connectivity index (χ4v) is 2.70. The second-order valence-corrected chi connectivity index (χ2v) is 8.52. The Morgan fingerprint density at radius 3 is 1.81 bits per heavy atom. The van der Waals surface area contributed by atoms with Crippen LogP contribution in [-0.4, -0.2) is 16.5 Å². The predicted octanol–water partition coefficient (Wildman–Crippen LogP) is 7.05. The SMILES string of the molecule is CC(=O)c1cccc(C(C)=Nc2c(C(C)C)cccc2C(C)C)n1.[Cl][Co][Cl]. The molecule has 0 saturated carbocycles. The summed E-state index contributed by atoms with van der Waals surface area (Å²) in [5, 5.41) is 0. The van der Waals surface area contributed by atoms with Crippen molar-refractivity contribution in [1.29, 1.82) is 0 Å². The molecule has 0 bridgehead atoms. The van der Waals surface area contributed by atoms with Gasteiger partial charge in [-0.1, -0.05) is 52.0 Å². The summed E-state index contributed by atoms with van der Waals surface area (Å²) in [7, 11) is 9.47. The zero-order chi connectivity index (χ0) is 20.6. The van der Waals surface area contributed by atoms with Crippen LogP contribution in [0.4, 0.5) is 5.69 Å². The van der Waals surface area contributed by atoms with Gasteiger partial charge in [0.2, 0.25) is 0 Å². The molecular formula is C21H26Cl2CoN2O. The molecule has 0 aliphatic carbocycles. The maximum absolute atomic E-state index is 11.6. The Bertz CT molecular complexity index is 778. The van der Waals surface area contributed by atoms with E-state index in [9.17, 15) is 4.79 Å². The monoisotopic (exact) mass is 451 g/mol. The molecule has 3 nitrogen and oxygen atoms in total. The minimum atomic E-state index is -0.0323. The Kier molecular flexibility index (Phi) is 10.2. The standard InChI is InChI=1S/C21H26N2O.2ClH.Co/c1-13(2)17-9-7-10-18(14(3)4)21(17)22-15(5)19-11-8-12-20(23-19)16(6)24;;;/h7-14H,1-6H3;2*1H;/q;;;+2/p-2. The van der Waals surface area contributed by atoms with E-state index in [0.717, 1.165) is 17.1 Å². The Labute approximate surface area is 177 Å². The molecule has 27 heavy (non-hydrogen) atoms. The van der Waals surface area contributed by atoms with Crippen LogP contribution in [0.3, 0.4) is 0 Å². The average Bonchev–Trinajstić information content (AvgIpc) is 2.62. The first-order valence-electron chi connectivity index (χ1n) is 8.73. The molecule has 1 aromatic heterocycles. The zero-order valence-corrected chi connectivity index (χ0v) is 19.1. The maximum atomic E-state index is 11.6. The molecular weight excluding hydrogens is 426 g/mol. The number of hydrogen-bond donors (Lipinski definition) is 0. The molecule has 0 amide bonds. The van der Waals surface area contributed by atoms with E-state index in [-0.39, 0.29) is 5.78 Å². The number of nitrogens with zero attached hydrogens (tertiary/aromatic N) is 2. The number of para-hydroxylation sites is 1. The third kappa shape index (κ3) is 7.04. The van der Waals surface area contributed by atoms with Crippen LogP contribution in [0.1, 0.15) is 80.7 Å². The van der Waals surface area contributed by atoms with Gasteiger partial charge in [0.25, 0.3) is 0 Å². The topological polar surface area (TPSA) is 42.3 Å². The zero-order valence-electron chi connectivity index (χ0n) is 16.5. The number of Topliss-reactive ketones (excluding diaryl/α,β-unsaturated/α-hetero) is 1. The Hall–Kier alpha value is -1.20. The van der Waals surface area contributed by atoms with E-state index in [1.54, 1.807) is 6.07 Å². The van der Waals surface area contributed by atoms with Crippen molar-refractivity contribution in [3.05, 3.63) is 58.9 Å². The number of aliphatic imine (C=N–C) groups is 1. The molecule has 6 heteroatoms. The number of aromatic nitrogens is 1. The van der Waals surface area contributed by atoms with Gasteiger partial charge in [-0.2, -0.15) is 0 Å². The number of halogens is 2. The fourth-order valence-electron chi connectivity index (χ4n) is 2.70. The van der Waals surface area contributed by atoms with Gasteiger partial charge in [0.1, 0.15) is 5.69 Å². The van der Waals surface area contributed by atoms with Gasteiger partial charge < -0.3 is 0 Å². The molecule has 0 aliphatic rings. The first kappa shape index (κ1) is 23.8. The van der Waals surface area contributed by atoms with Gasteiger partial charge in [0.05, 0.1) is 17.1 Å². The van der Waals surface area contributed by atoms with Crippen LogP contribution in [0.5, 0.6) is 0 Å². The molecule has 149 valence electrons. The van der Waals surface area contributed by atoms with E-state index in [0.29, 0.717) is 30.4 Å². The van der Waals surface area contributed by atoms with Gasteiger partial charge >= 0.3 is 33.2 Å². The van der Waals surface area contributed by atoms with Crippen LogP contribution in [0.15, 0.2) is 41.4 Å². The van der Waals surface area contributed by atoms with Gasteiger partial charge in [0.15, 0.2) is 5.78 Å². The van der Waals surface area contributed by atoms with Crippen molar-refractivity contribution in [2.24, 2.45) is 4.99 Å². The second kappa shape index (κ2) is 11.6. The number of benzene rings is 1. The van der Waals surface area contributed by atoms with Crippen molar-refractivity contribution in [2.75, 3.05) is 0 Å². The van der Waals surface area contributed by atoms with Gasteiger partial charge in [0, 0.05) is 6.92 Å². The van der Waals surface area contributed by atoms with Crippen molar-refractivity contribution in [3.63, 3.8) is 0 Å². The molecule has 0 atom stereocenters. The van der Waals surface area contributed by atoms with Crippen LogP contribution < -0.4 is 0 Å². The summed E-state index contributed by atoms with van der Waals surface area (Å²) in [6.45, 7) is 12.2. The fraction of sp³-hybridized carbons (Fsp3) is 0.381. The number of carbonyl (C=O) groups is 1. The molecule has 0 N–H and O–H groups in total. The van der Waals surface area contributed by atoms with Crippen LogP contribution in [-0.2, 0) is 12.9 Å². The summed E-state index contributed by atoms with van der Waals surface area (Å²) >= 11 is 0.382. The molecule has 0 spiro atoms. The van der Waals surface area contributed by atoms with Gasteiger partial charge in [-0.05, 0) is 42.0 Å². The summed E-state index contributed by atoms with van der Waals surface area (Å²) < 4.78 is 0. The van der Waals surface area contributed by atoms with Crippen molar-refractivity contribution in [3.8, 4) is 0 Å². The summed E-state index contributed by atoms with van der Waals surface area (Å²) in [4.78, 5) is 20.9. The van der Waals surface area contributed by atoms with Crippen LogP contribution in [0.25, 0.3) is 0 Å². The van der Waals surface area contributed by atoms with E-state index in [2.05, 4.69) is 50.9 Å². The Morgan fingerprint density at radius 1 is 0.926 bits per heavy atom. The average molecular weight is 452 g/mol. The molecule has 2 rings (SSSR count). The Balaban J connectivity index is 0.00000114. The van der Waals surface area contributed by atoms with E-state index in [4.69, 9.17) is 25.3 Å². The van der Waals surface area contributed by atoms with Crippen molar-refractivity contribution in [2.45, 2.75) is 53.4 Å². The third-order valence-corrected chi connectivity index (χ3v) is 4.10. The van der Waals surface area contributed by atoms with E-state index < -0.39 is 0 Å². The summed E-state index contributed by atoms with van der Waals surface area (Å²) in [6, 6.07) is 11.9. The van der Waals surface area contributed by atoms with Crippen LogP contribution >= 0.6 is 20.3 Å². The summed E-state index contributed by atoms with van der Waals surface area (Å²) in [6.07, 6.45) is 0. The van der Waals surface area contributed by atoms with E-state index >= 15 is 0 Å². The number of hydrogen-bond acceptors (Lipinski definition) is 3. The molecule has 1 aromatic carbocycles. The van der Waals surface area contributed by atoms with E-state index in [1.807, 2.05) is 19.1 Å². The first-order valence-corrected chi connectivity index (χ1v) is 11.6. The normalized spacial score (nSPS) is 11.6. The van der Waals surface area contributed by atoms with Gasteiger partial charge in [-0.15, -0.1) is 0 Å². The molecule has 0 fully saturated rings. The van der Waals surface area contributed by atoms with Crippen molar-refractivity contribution in [1.82, 2.24) is 4.98 Å². The summed E-state index contributed by atoms with van der Waals surface area (Å²) in [5.74, 6) is 0.758. The molecule has 1 heterocycles. The quantitative estimate of drug-likeness (QED) is 0.361. The molecule has 2 aromatic rings. The molecule has 0 radical (unpaired) electrons. The molecule has 0 saturated heterocycles. The first-order chi connectivity index (χ1) is 12.7. The summed E-state index contributed by atoms with van der Waals surface area (Å²) in [5.41, 5.74) is 5.56. The number of rotatable bonds is 5. The molecule has 0 aliphatic heterocycles. The Morgan fingerprint density at radius 2 is 1.37 bits per heavy atom. The predicted molar refractivity (Wildman–Crippen MR) is 112 cm³/mol. The number of carbonyl (C=O) groups excluding carboxylic acids is 1.